The molecule has 0 saturated carbocycles. The Kier molecular flexibility index (Phi) is 4.86. The molecular weight excluding hydrogens is 336 g/mol. The van der Waals surface area contributed by atoms with E-state index in [0.717, 1.165) is 17.4 Å². The lowest BCUT2D eigenvalue weighted by atomic mass is 10.0. The largest absolute Gasteiger partial charge is 0.397 e. The van der Waals surface area contributed by atoms with E-state index in [1.807, 2.05) is 60.7 Å². The summed E-state index contributed by atoms with van der Waals surface area (Å²) in [5, 5.41) is 4.76. The van der Waals surface area contributed by atoms with Crippen molar-refractivity contribution in [1.29, 1.82) is 0 Å². The molecule has 3 aromatic rings. The maximum absolute atomic E-state index is 10.9. The quantitative estimate of drug-likeness (QED) is 0.689. The van der Waals surface area contributed by atoms with Crippen LogP contribution in [0.15, 0.2) is 60.7 Å². The van der Waals surface area contributed by atoms with Crippen molar-refractivity contribution in [3.05, 3.63) is 71.8 Å². The van der Waals surface area contributed by atoms with Crippen molar-refractivity contribution >= 4 is 34.4 Å². The first-order chi connectivity index (χ1) is 12.1. The molecule has 0 aliphatic carbocycles. The molecule has 0 aliphatic heterocycles. The molecule has 126 valence electrons. The summed E-state index contributed by atoms with van der Waals surface area (Å²) in [6.07, 6.45) is 0.736. The molecule has 25 heavy (non-hydrogen) atoms. The first-order valence-electron chi connectivity index (χ1n) is 7.70. The van der Waals surface area contributed by atoms with Crippen molar-refractivity contribution < 1.29 is 4.79 Å². The smallest absolute Gasteiger partial charge is 0.141 e. The average molecular weight is 353 g/mol. The van der Waals surface area contributed by atoms with E-state index in [2.05, 4.69) is 5.10 Å². The number of carbonyl (C=O) groups excluding carboxylic acids is 1. The summed E-state index contributed by atoms with van der Waals surface area (Å²) < 4.78 is 1.42. The number of nitrogen functional groups attached to an aromatic ring is 1. The summed E-state index contributed by atoms with van der Waals surface area (Å²) in [4.78, 5) is 10.9. The fraction of sp³-hybridized carbons (Fsp3) is 0.0526. The number of aldehydes is 1. The van der Waals surface area contributed by atoms with Crippen molar-refractivity contribution in [2.45, 2.75) is 6.54 Å². The van der Waals surface area contributed by atoms with Crippen molar-refractivity contribution in [3.8, 4) is 11.3 Å². The molecule has 0 fully saturated rings. The van der Waals surface area contributed by atoms with Gasteiger partial charge in [0.2, 0.25) is 0 Å². The van der Waals surface area contributed by atoms with Gasteiger partial charge in [0.05, 0.1) is 22.8 Å². The Bertz CT molecular complexity index is 917. The van der Waals surface area contributed by atoms with Crippen LogP contribution in [0.1, 0.15) is 11.1 Å². The fourth-order valence-electron chi connectivity index (χ4n) is 2.58. The standard InChI is InChI=1S/C19H17ClN4O/c20-16(17(21)13-7-3-1-4-8-13)15-18(14-9-5-2-6-10-14)23-24(11-12-25)19(15)22/h1-10,12H,11,21-22H2/b17-16+. The summed E-state index contributed by atoms with van der Waals surface area (Å²) in [5.74, 6) is 0.301. The number of halogens is 1. The minimum absolute atomic E-state index is 0.0427. The Hall–Kier alpha value is -3.05. The lowest BCUT2D eigenvalue weighted by molar-refractivity contribution is -0.108. The second-order valence-corrected chi connectivity index (χ2v) is 5.80. The lowest BCUT2D eigenvalue weighted by Crippen LogP contribution is -2.06. The molecule has 6 heteroatoms. The molecule has 1 aromatic heterocycles. The summed E-state index contributed by atoms with van der Waals surface area (Å²) in [6, 6.07) is 18.9. The first-order valence-corrected chi connectivity index (χ1v) is 8.07. The topological polar surface area (TPSA) is 86.9 Å². The molecule has 5 nitrogen and oxygen atoms in total. The number of nitrogens with zero attached hydrogens (tertiary/aromatic N) is 2. The van der Waals surface area contributed by atoms with Crippen LogP contribution >= 0.6 is 11.6 Å². The minimum atomic E-state index is 0.0427. The van der Waals surface area contributed by atoms with Crippen molar-refractivity contribution in [1.82, 2.24) is 9.78 Å². The van der Waals surface area contributed by atoms with Crippen molar-refractivity contribution in [2.24, 2.45) is 5.73 Å². The molecule has 0 amide bonds. The average Bonchev–Trinajstić information content (AvgIpc) is 2.99. The summed E-state index contributed by atoms with van der Waals surface area (Å²) in [7, 11) is 0. The van der Waals surface area contributed by atoms with Crippen LogP contribution in [0.3, 0.4) is 0 Å². The third-order valence-corrected chi connectivity index (χ3v) is 4.22. The van der Waals surface area contributed by atoms with E-state index in [-0.39, 0.29) is 6.54 Å². The fourth-order valence-corrected chi connectivity index (χ4v) is 2.87. The zero-order valence-corrected chi connectivity index (χ0v) is 14.1. The minimum Gasteiger partial charge on any atom is -0.397 e. The van der Waals surface area contributed by atoms with Gasteiger partial charge in [0.1, 0.15) is 17.8 Å². The lowest BCUT2D eigenvalue weighted by Gasteiger charge is -2.08. The van der Waals surface area contributed by atoms with Gasteiger partial charge in [-0.3, -0.25) is 0 Å². The molecule has 4 N–H and O–H groups in total. The van der Waals surface area contributed by atoms with Crippen LogP contribution in [-0.4, -0.2) is 16.1 Å². The van der Waals surface area contributed by atoms with Gasteiger partial charge in [0, 0.05) is 5.56 Å². The number of benzene rings is 2. The van der Waals surface area contributed by atoms with Gasteiger partial charge in [-0.15, -0.1) is 0 Å². The Labute approximate surface area is 150 Å². The van der Waals surface area contributed by atoms with E-state index in [4.69, 9.17) is 23.1 Å². The highest BCUT2D eigenvalue weighted by molar-refractivity contribution is 6.53. The third kappa shape index (κ3) is 3.27. The number of aromatic nitrogens is 2. The highest BCUT2D eigenvalue weighted by Crippen LogP contribution is 2.37. The molecule has 0 aliphatic rings. The molecule has 0 saturated heterocycles. The van der Waals surface area contributed by atoms with E-state index in [1.54, 1.807) is 0 Å². The van der Waals surface area contributed by atoms with Crippen LogP contribution in [0.25, 0.3) is 22.0 Å². The van der Waals surface area contributed by atoms with E-state index < -0.39 is 0 Å². The number of carbonyl (C=O) groups is 1. The highest BCUT2D eigenvalue weighted by Gasteiger charge is 2.21. The second kappa shape index (κ2) is 7.23. The van der Waals surface area contributed by atoms with Gasteiger partial charge in [0.15, 0.2) is 0 Å². The van der Waals surface area contributed by atoms with Gasteiger partial charge < -0.3 is 16.3 Å². The van der Waals surface area contributed by atoms with Gasteiger partial charge in [-0.1, -0.05) is 72.3 Å². The third-order valence-electron chi connectivity index (χ3n) is 3.83. The zero-order valence-electron chi connectivity index (χ0n) is 13.4. The molecule has 0 atom stereocenters. The van der Waals surface area contributed by atoms with E-state index in [9.17, 15) is 4.79 Å². The van der Waals surface area contributed by atoms with Crippen LogP contribution in [0.4, 0.5) is 5.82 Å². The number of hydrogen-bond donors (Lipinski definition) is 2. The number of anilines is 1. The van der Waals surface area contributed by atoms with Gasteiger partial charge in [0.25, 0.3) is 0 Å². The number of rotatable bonds is 5. The molecule has 0 unspecified atom stereocenters. The maximum atomic E-state index is 10.9. The Morgan fingerprint density at radius 2 is 1.68 bits per heavy atom. The van der Waals surface area contributed by atoms with Crippen molar-refractivity contribution in [3.63, 3.8) is 0 Å². The second-order valence-electron chi connectivity index (χ2n) is 5.42. The van der Waals surface area contributed by atoms with E-state index in [0.29, 0.717) is 27.8 Å². The number of hydrogen-bond acceptors (Lipinski definition) is 4. The van der Waals surface area contributed by atoms with E-state index >= 15 is 0 Å². The Balaban J connectivity index is 2.22. The number of nitrogens with two attached hydrogens (primary N) is 2. The summed E-state index contributed by atoms with van der Waals surface area (Å²) in [5.41, 5.74) is 15.6. The monoisotopic (exact) mass is 352 g/mol. The van der Waals surface area contributed by atoms with Crippen LogP contribution in [-0.2, 0) is 11.3 Å². The van der Waals surface area contributed by atoms with Crippen molar-refractivity contribution in [2.75, 3.05) is 5.73 Å². The van der Waals surface area contributed by atoms with Crippen LogP contribution in [0, 0.1) is 0 Å². The highest BCUT2D eigenvalue weighted by atomic mass is 35.5. The molecule has 1 heterocycles. The van der Waals surface area contributed by atoms with Crippen LogP contribution < -0.4 is 11.5 Å². The van der Waals surface area contributed by atoms with Gasteiger partial charge in [-0.05, 0) is 5.56 Å². The molecule has 3 rings (SSSR count). The molecule has 0 spiro atoms. The normalized spacial score (nSPS) is 11.9. The Morgan fingerprint density at radius 3 is 2.28 bits per heavy atom. The predicted octanol–water partition coefficient (Wildman–Crippen LogP) is 3.35. The molecule has 0 bridgehead atoms. The zero-order chi connectivity index (χ0) is 17.8. The van der Waals surface area contributed by atoms with Crippen LogP contribution in [0.5, 0.6) is 0 Å². The molecule has 0 radical (unpaired) electrons. The summed E-state index contributed by atoms with van der Waals surface area (Å²) in [6.45, 7) is 0.0427. The maximum Gasteiger partial charge on any atom is 0.141 e. The molecular formula is C19H17ClN4O. The van der Waals surface area contributed by atoms with Gasteiger partial charge >= 0.3 is 0 Å². The predicted molar refractivity (Wildman–Crippen MR) is 101 cm³/mol. The molecule has 2 aromatic carbocycles. The van der Waals surface area contributed by atoms with Gasteiger partial charge in [-0.25, -0.2) is 4.68 Å². The SMILES string of the molecule is N/C(=C(/Cl)c1c(-c2ccccc2)nn(CC=O)c1N)c1ccccc1. The van der Waals surface area contributed by atoms with Gasteiger partial charge in [-0.2, -0.15) is 5.10 Å². The summed E-state index contributed by atoms with van der Waals surface area (Å²) >= 11 is 6.60. The first kappa shape index (κ1) is 16.8. The van der Waals surface area contributed by atoms with E-state index in [1.165, 1.54) is 4.68 Å². The van der Waals surface area contributed by atoms with Crippen LogP contribution in [0.2, 0.25) is 0 Å². The Morgan fingerprint density at radius 1 is 1.08 bits per heavy atom.